The molecule has 1 N–H and O–H groups in total. The van der Waals surface area contributed by atoms with Crippen LogP contribution in [0, 0.1) is 0 Å². The average molecular weight is 383 g/mol. The predicted molar refractivity (Wildman–Crippen MR) is 110 cm³/mol. The standard InChI is InChI=1S/C21H38O4Si/c1-3-5-12-18-23-26(24-19-13-6-4-2,21-15-9-7-10-16-21)25-20-14-8-11-17-22/h7,9-10,15-16,22H,3-6,8,11-14,17-20H2,1-2H3. The second-order valence-electron chi connectivity index (χ2n) is 6.67. The second-order valence-corrected chi connectivity index (χ2v) is 9.22. The lowest BCUT2D eigenvalue weighted by molar-refractivity contribution is 0.0688. The lowest BCUT2D eigenvalue weighted by Crippen LogP contribution is -2.57. The van der Waals surface area contributed by atoms with Gasteiger partial charge in [-0.15, -0.1) is 0 Å². The van der Waals surface area contributed by atoms with E-state index in [1.807, 2.05) is 18.2 Å². The second kappa shape index (κ2) is 15.3. The highest BCUT2D eigenvalue weighted by molar-refractivity contribution is 6.75. The van der Waals surface area contributed by atoms with Crippen LogP contribution in [0.25, 0.3) is 0 Å². The fourth-order valence-corrected chi connectivity index (χ4v) is 5.32. The molecule has 1 aromatic carbocycles. The van der Waals surface area contributed by atoms with E-state index in [0.29, 0.717) is 19.8 Å². The maximum atomic E-state index is 8.96. The first-order valence-electron chi connectivity index (χ1n) is 10.4. The van der Waals surface area contributed by atoms with Gasteiger partial charge in [-0.25, -0.2) is 0 Å². The quantitative estimate of drug-likeness (QED) is 0.320. The average Bonchev–Trinajstić information content (AvgIpc) is 2.68. The van der Waals surface area contributed by atoms with Crippen molar-refractivity contribution in [2.24, 2.45) is 0 Å². The molecule has 4 nitrogen and oxygen atoms in total. The Morgan fingerprint density at radius 1 is 0.692 bits per heavy atom. The van der Waals surface area contributed by atoms with E-state index in [1.165, 1.54) is 12.8 Å². The summed E-state index contributed by atoms with van der Waals surface area (Å²) in [6.45, 7) is 6.60. The Labute approximate surface area is 161 Å². The van der Waals surface area contributed by atoms with E-state index in [-0.39, 0.29) is 6.61 Å². The minimum absolute atomic E-state index is 0.238. The smallest absolute Gasteiger partial charge is 0.396 e. The summed E-state index contributed by atoms with van der Waals surface area (Å²) in [6, 6.07) is 10.2. The Bertz CT molecular complexity index is 415. The number of hydrogen-bond acceptors (Lipinski definition) is 4. The third kappa shape index (κ3) is 9.28. The van der Waals surface area contributed by atoms with Gasteiger partial charge in [0.1, 0.15) is 0 Å². The molecule has 0 spiro atoms. The van der Waals surface area contributed by atoms with Gasteiger partial charge in [-0.3, -0.25) is 0 Å². The molecule has 0 bridgehead atoms. The Hall–Kier alpha value is -0.723. The van der Waals surface area contributed by atoms with Crippen molar-refractivity contribution >= 4 is 14.0 Å². The van der Waals surface area contributed by atoms with Gasteiger partial charge in [0.05, 0.1) is 0 Å². The summed E-state index contributed by atoms with van der Waals surface area (Å²) >= 11 is 0. The molecular formula is C21H38O4Si. The minimum Gasteiger partial charge on any atom is -0.396 e. The molecule has 0 atom stereocenters. The zero-order valence-corrected chi connectivity index (χ0v) is 17.8. The number of hydrogen-bond donors (Lipinski definition) is 1. The first-order chi connectivity index (χ1) is 12.8. The summed E-state index contributed by atoms with van der Waals surface area (Å²) in [4.78, 5) is 0. The number of aliphatic hydroxyl groups excluding tert-OH is 1. The molecule has 0 unspecified atom stereocenters. The van der Waals surface area contributed by atoms with Gasteiger partial charge in [-0.2, -0.15) is 0 Å². The molecule has 0 aliphatic rings. The Kier molecular flexibility index (Phi) is 13.8. The van der Waals surface area contributed by atoms with Crippen molar-refractivity contribution in [1.82, 2.24) is 0 Å². The van der Waals surface area contributed by atoms with Crippen LogP contribution >= 0.6 is 0 Å². The van der Waals surface area contributed by atoms with Crippen molar-refractivity contribution in [3.63, 3.8) is 0 Å². The van der Waals surface area contributed by atoms with Crippen molar-refractivity contribution in [3.8, 4) is 0 Å². The molecule has 0 radical (unpaired) electrons. The molecule has 1 rings (SSSR count). The molecule has 0 amide bonds. The van der Waals surface area contributed by atoms with Crippen LogP contribution in [0.2, 0.25) is 0 Å². The topological polar surface area (TPSA) is 47.9 Å². The van der Waals surface area contributed by atoms with Crippen molar-refractivity contribution in [1.29, 1.82) is 0 Å². The molecule has 0 saturated heterocycles. The van der Waals surface area contributed by atoms with E-state index in [2.05, 4.69) is 26.0 Å². The van der Waals surface area contributed by atoms with E-state index < -0.39 is 8.80 Å². The van der Waals surface area contributed by atoms with Crippen LogP contribution in [-0.4, -0.2) is 40.3 Å². The van der Waals surface area contributed by atoms with Gasteiger partial charge >= 0.3 is 8.80 Å². The van der Waals surface area contributed by atoms with Gasteiger partial charge in [0.15, 0.2) is 0 Å². The molecule has 0 saturated carbocycles. The number of unbranched alkanes of at least 4 members (excludes halogenated alkanes) is 6. The Morgan fingerprint density at radius 3 is 1.65 bits per heavy atom. The van der Waals surface area contributed by atoms with Crippen molar-refractivity contribution < 1.29 is 18.4 Å². The third-order valence-corrected chi connectivity index (χ3v) is 7.09. The van der Waals surface area contributed by atoms with Gasteiger partial charge in [-0.05, 0) is 32.1 Å². The van der Waals surface area contributed by atoms with Crippen LogP contribution in [0.3, 0.4) is 0 Å². The Balaban J connectivity index is 2.79. The van der Waals surface area contributed by atoms with Gasteiger partial charge in [0, 0.05) is 31.6 Å². The van der Waals surface area contributed by atoms with Crippen molar-refractivity contribution in [2.45, 2.75) is 71.6 Å². The molecule has 0 aliphatic heterocycles. The molecule has 0 aliphatic carbocycles. The monoisotopic (exact) mass is 382 g/mol. The lowest BCUT2D eigenvalue weighted by Gasteiger charge is -2.30. The summed E-state index contributed by atoms with van der Waals surface area (Å²) in [5.74, 6) is 0. The summed E-state index contributed by atoms with van der Waals surface area (Å²) in [7, 11) is -2.89. The highest BCUT2D eigenvalue weighted by Crippen LogP contribution is 2.15. The first-order valence-corrected chi connectivity index (χ1v) is 12.1. The molecule has 0 fully saturated rings. The van der Waals surface area contributed by atoms with E-state index in [9.17, 15) is 0 Å². The van der Waals surface area contributed by atoms with Gasteiger partial charge in [0.2, 0.25) is 0 Å². The maximum absolute atomic E-state index is 8.96. The maximum Gasteiger partial charge on any atom is 0.537 e. The highest BCUT2D eigenvalue weighted by atomic mass is 28.4. The first kappa shape index (κ1) is 23.3. The van der Waals surface area contributed by atoms with Crippen LogP contribution in [0.4, 0.5) is 0 Å². The lowest BCUT2D eigenvalue weighted by atomic mass is 10.2. The van der Waals surface area contributed by atoms with Crippen LogP contribution in [0.1, 0.15) is 71.6 Å². The van der Waals surface area contributed by atoms with Crippen LogP contribution < -0.4 is 5.19 Å². The molecule has 150 valence electrons. The number of rotatable bonds is 17. The zero-order chi connectivity index (χ0) is 18.9. The largest absolute Gasteiger partial charge is 0.537 e. The van der Waals surface area contributed by atoms with Crippen molar-refractivity contribution in [2.75, 3.05) is 26.4 Å². The molecule has 0 heterocycles. The fourth-order valence-electron chi connectivity index (χ4n) is 2.73. The predicted octanol–water partition coefficient (Wildman–Crippen LogP) is 4.43. The summed E-state index contributed by atoms with van der Waals surface area (Å²) in [6.07, 6.45) is 9.41. The van der Waals surface area contributed by atoms with Crippen LogP contribution in [0.5, 0.6) is 0 Å². The van der Waals surface area contributed by atoms with Gasteiger partial charge < -0.3 is 18.4 Å². The number of aliphatic hydroxyl groups is 1. The summed E-state index contributed by atoms with van der Waals surface area (Å²) < 4.78 is 19.0. The summed E-state index contributed by atoms with van der Waals surface area (Å²) in [5, 5.41) is 10.0. The summed E-state index contributed by atoms with van der Waals surface area (Å²) in [5.41, 5.74) is 0. The van der Waals surface area contributed by atoms with E-state index in [0.717, 1.165) is 50.1 Å². The van der Waals surface area contributed by atoms with E-state index >= 15 is 0 Å². The van der Waals surface area contributed by atoms with Crippen LogP contribution in [-0.2, 0) is 13.3 Å². The van der Waals surface area contributed by atoms with E-state index in [4.69, 9.17) is 18.4 Å². The normalized spacial score (nSPS) is 11.8. The SMILES string of the molecule is CCCCCO[Si](OCCCCC)(OCCCCCO)c1ccccc1. The zero-order valence-electron chi connectivity index (χ0n) is 16.8. The third-order valence-electron chi connectivity index (χ3n) is 4.30. The molecule has 0 aromatic heterocycles. The molecular weight excluding hydrogens is 344 g/mol. The fraction of sp³-hybridized carbons (Fsp3) is 0.714. The van der Waals surface area contributed by atoms with Crippen LogP contribution in [0.15, 0.2) is 30.3 Å². The minimum atomic E-state index is -2.89. The van der Waals surface area contributed by atoms with Gasteiger partial charge in [0.25, 0.3) is 0 Å². The molecule has 1 aromatic rings. The molecule has 5 heteroatoms. The Morgan fingerprint density at radius 2 is 1.19 bits per heavy atom. The highest BCUT2D eigenvalue weighted by Gasteiger charge is 2.43. The molecule has 26 heavy (non-hydrogen) atoms. The van der Waals surface area contributed by atoms with E-state index in [1.54, 1.807) is 0 Å². The number of benzene rings is 1. The van der Waals surface area contributed by atoms with Gasteiger partial charge in [-0.1, -0.05) is 69.9 Å². The van der Waals surface area contributed by atoms with Crippen molar-refractivity contribution in [3.05, 3.63) is 30.3 Å².